The number of nitro groups is 1. The number of halogens is 1. The third kappa shape index (κ3) is 3.76. The second kappa shape index (κ2) is 6.31. The van der Waals surface area contributed by atoms with E-state index in [9.17, 15) is 10.1 Å². The van der Waals surface area contributed by atoms with Gasteiger partial charge in [-0.1, -0.05) is 11.6 Å². The minimum absolute atomic E-state index is 0.150. The van der Waals surface area contributed by atoms with Crippen molar-refractivity contribution in [3.05, 3.63) is 45.4 Å². The monoisotopic (exact) mass is 308 g/mol. The molecule has 0 radical (unpaired) electrons. The van der Waals surface area contributed by atoms with Crippen LogP contribution in [0.25, 0.3) is 0 Å². The summed E-state index contributed by atoms with van der Waals surface area (Å²) in [5, 5.41) is 13.8. The first-order valence-electron chi connectivity index (χ1n) is 6.00. The van der Waals surface area contributed by atoms with Gasteiger partial charge in [-0.25, -0.2) is 15.0 Å². The van der Waals surface area contributed by atoms with Crippen LogP contribution in [0.1, 0.15) is 5.69 Å². The van der Waals surface area contributed by atoms with Gasteiger partial charge in [0.05, 0.1) is 22.2 Å². The van der Waals surface area contributed by atoms with E-state index in [1.807, 2.05) is 14.1 Å². The van der Waals surface area contributed by atoms with Gasteiger partial charge < -0.3 is 10.2 Å². The molecule has 8 nitrogen and oxygen atoms in total. The van der Waals surface area contributed by atoms with Crippen LogP contribution in [-0.2, 0) is 6.54 Å². The van der Waals surface area contributed by atoms with Gasteiger partial charge in [0, 0.05) is 26.4 Å². The van der Waals surface area contributed by atoms with Crippen LogP contribution in [0.3, 0.4) is 0 Å². The average Bonchev–Trinajstić information content (AvgIpc) is 2.46. The molecule has 110 valence electrons. The first-order valence-corrected chi connectivity index (χ1v) is 6.38. The molecule has 0 fully saturated rings. The highest BCUT2D eigenvalue weighted by atomic mass is 35.5. The van der Waals surface area contributed by atoms with E-state index in [-0.39, 0.29) is 10.7 Å². The van der Waals surface area contributed by atoms with Crippen molar-refractivity contribution in [2.75, 3.05) is 24.3 Å². The molecule has 0 amide bonds. The molecule has 0 unspecified atom stereocenters. The van der Waals surface area contributed by atoms with Crippen molar-refractivity contribution >= 4 is 29.1 Å². The van der Waals surface area contributed by atoms with Crippen molar-refractivity contribution in [2.24, 2.45) is 0 Å². The molecule has 2 aromatic rings. The highest BCUT2D eigenvalue weighted by Crippen LogP contribution is 2.24. The van der Waals surface area contributed by atoms with E-state index in [0.29, 0.717) is 18.3 Å². The summed E-state index contributed by atoms with van der Waals surface area (Å²) in [4.78, 5) is 24.2. The van der Waals surface area contributed by atoms with Crippen molar-refractivity contribution in [1.82, 2.24) is 15.0 Å². The topological polar surface area (TPSA) is 97.1 Å². The van der Waals surface area contributed by atoms with E-state index >= 15 is 0 Å². The van der Waals surface area contributed by atoms with Gasteiger partial charge in [0.1, 0.15) is 12.0 Å². The molecule has 0 saturated carbocycles. The Bertz CT molecular complexity index is 664. The van der Waals surface area contributed by atoms with Crippen molar-refractivity contribution in [3.8, 4) is 0 Å². The second-order valence-corrected chi connectivity index (χ2v) is 4.78. The number of nitrogens with one attached hydrogen (secondary N) is 1. The number of hydrogen-bond acceptors (Lipinski definition) is 7. The highest BCUT2D eigenvalue weighted by Gasteiger charge is 2.11. The Morgan fingerprint density at radius 2 is 2.19 bits per heavy atom. The molecule has 21 heavy (non-hydrogen) atoms. The lowest BCUT2D eigenvalue weighted by Crippen LogP contribution is -2.14. The molecule has 9 heteroatoms. The summed E-state index contributed by atoms with van der Waals surface area (Å²) < 4.78 is 0. The SMILES string of the molecule is CN(C)c1nccc(CNc2ncc([N+](=O)[O-])cc2Cl)n1. The number of pyridine rings is 1. The summed E-state index contributed by atoms with van der Waals surface area (Å²) in [5.41, 5.74) is 0.604. The molecule has 0 aliphatic rings. The fourth-order valence-electron chi connectivity index (χ4n) is 1.53. The Morgan fingerprint density at radius 1 is 1.43 bits per heavy atom. The first-order chi connectivity index (χ1) is 9.97. The number of hydrogen-bond donors (Lipinski definition) is 1. The van der Waals surface area contributed by atoms with Crippen LogP contribution in [0.2, 0.25) is 5.02 Å². The maximum atomic E-state index is 10.6. The Morgan fingerprint density at radius 3 is 2.81 bits per heavy atom. The van der Waals surface area contributed by atoms with E-state index in [4.69, 9.17) is 11.6 Å². The summed E-state index contributed by atoms with van der Waals surface area (Å²) in [6.07, 6.45) is 2.81. The van der Waals surface area contributed by atoms with E-state index in [2.05, 4.69) is 20.3 Å². The maximum absolute atomic E-state index is 10.6. The van der Waals surface area contributed by atoms with Gasteiger partial charge >= 0.3 is 0 Å². The smallest absolute Gasteiger partial charge is 0.289 e. The van der Waals surface area contributed by atoms with E-state index in [0.717, 1.165) is 11.9 Å². The molecule has 0 aromatic carbocycles. The molecule has 0 bridgehead atoms. The molecule has 2 aromatic heterocycles. The molecular formula is C12H13ClN6O2. The molecule has 2 heterocycles. The zero-order valence-electron chi connectivity index (χ0n) is 11.4. The van der Waals surface area contributed by atoms with Crippen molar-refractivity contribution < 1.29 is 4.92 Å². The van der Waals surface area contributed by atoms with Gasteiger partial charge in [0.2, 0.25) is 5.95 Å². The Balaban J connectivity index is 2.09. The quantitative estimate of drug-likeness (QED) is 0.667. The minimum Gasteiger partial charge on any atom is -0.363 e. The number of nitrogens with zero attached hydrogens (tertiary/aromatic N) is 5. The largest absolute Gasteiger partial charge is 0.363 e. The second-order valence-electron chi connectivity index (χ2n) is 4.38. The molecule has 0 aliphatic carbocycles. The maximum Gasteiger partial charge on any atom is 0.289 e. The molecule has 0 saturated heterocycles. The lowest BCUT2D eigenvalue weighted by atomic mass is 10.3. The normalized spacial score (nSPS) is 10.2. The predicted molar refractivity (Wildman–Crippen MR) is 79.6 cm³/mol. The van der Waals surface area contributed by atoms with Crippen LogP contribution in [0, 0.1) is 10.1 Å². The standard InChI is InChI=1S/C12H13ClN6O2/c1-18(2)12-14-4-3-8(17-12)6-15-11-10(13)5-9(7-16-11)19(20)21/h3-5,7H,6H2,1-2H3,(H,15,16). The Kier molecular flexibility index (Phi) is 4.49. The van der Waals surface area contributed by atoms with Crippen LogP contribution in [0.4, 0.5) is 17.5 Å². The number of aromatic nitrogens is 3. The van der Waals surface area contributed by atoms with Crippen LogP contribution >= 0.6 is 11.6 Å². The van der Waals surface area contributed by atoms with E-state index < -0.39 is 4.92 Å². The van der Waals surface area contributed by atoms with Crippen molar-refractivity contribution in [2.45, 2.75) is 6.54 Å². The van der Waals surface area contributed by atoms with E-state index in [1.165, 1.54) is 6.07 Å². The summed E-state index contributed by atoms with van der Waals surface area (Å²) in [7, 11) is 3.70. The molecule has 0 atom stereocenters. The Labute approximate surface area is 126 Å². The van der Waals surface area contributed by atoms with Gasteiger partial charge in [0.25, 0.3) is 5.69 Å². The number of rotatable bonds is 5. The molecule has 0 aliphatic heterocycles. The third-order valence-corrected chi connectivity index (χ3v) is 2.86. The van der Waals surface area contributed by atoms with Crippen molar-refractivity contribution in [3.63, 3.8) is 0 Å². The van der Waals surface area contributed by atoms with Crippen LogP contribution in [0.5, 0.6) is 0 Å². The van der Waals surface area contributed by atoms with Crippen LogP contribution in [-0.4, -0.2) is 34.0 Å². The Hall–Kier alpha value is -2.48. The van der Waals surface area contributed by atoms with Gasteiger partial charge in [-0.2, -0.15) is 0 Å². The summed E-state index contributed by atoms with van der Waals surface area (Å²) >= 11 is 5.95. The summed E-state index contributed by atoms with van der Waals surface area (Å²) in [5.74, 6) is 0.962. The lowest BCUT2D eigenvalue weighted by molar-refractivity contribution is -0.385. The average molecular weight is 309 g/mol. The fourth-order valence-corrected chi connectivity index (χ4v) is 1.76. The molecule has 2 rings (SSSR count). The van der Waals surface area contributed by atoms with Gasteiger partial charge in [-0.15, -0.1) is 0 Å². The van der Waals surface area contributed by atoms with Crippen molar-refractivity contribution in [1.29, 1.82) is 0 Å². The fraction of sp³-hybridized carbons (Fsp3) is 0.250. The minimum atomic E-state index is -0.545. The first kappa shape index (κ1) is 14.9. The zero-order valence-corrected chi connectivity index (χ0v) is 12.2. The van der Waals surface area contributed by atoms with Gasteiger partial charge in [-0.05, 0) is 6.07 Å². The van der Waals surface area contributed by atoms with Gasteiger partial charge in [-0.3, -0.25) is 10.1 Å². The zero-order chi connectivity index (χ0) is 15.4. The van der Waals surface area contributed by atoms with E-state index in [1.54, 1.807) is 17.2 Å². The lowest BCUT2D eigenvalue weighted by Gasteiger charge is -2.11. The number of anilines is 2. The third-order valence-electron chi connectivity index (χ3n) is 2.58. The summed E-state index contributed by atoms with van der Waals surface area (Å²) in [6.45, 7) is 0.383. The predicted octanol–water partition coefficient (Wildman–Crippen LogP) is 2.11. The van der Waals surface area contributed by atoms with Gasteiger partial charge in [0.15, 0.2) is 0 Å². The summed E-state index contributed by atoms with van der Waals surface area (Å²) in [6, 6.07) is 3.02. The molecule has 0 spiro atoms. The van der Waals surface area contributed by atoms with Crippen LogP contribution < -0.4 is 10.2 Å². The molecular weight excluding hydrogens is 296 g/mol. The molecule has 1 N–H and O–H groups in total. The highest BCUT2D eigenvalue weighted by molar-refractivity contribution is 6.33. The van der Waals surface area contributed by atoms with Crippen LogP contribution in [0.15, 0.2) is 24.5 Å².